The van der Waals surface area contributed by atoms with Crippen molar-refractivity contribution < 1.29 is 37.3 Å². The molecule has 0 aliphatic carbocycles. The summed E-state index contributed by atoms with van der Waals surface area (Å²) in [5.41, 5.74) is 0. The van der Waals surface area contributed by atoms with Crippen molar-refractivity contribution in [1.29, 1.82) is 0 Å². The highest BCUT2D eigenvalue weighted by atomic mass is 31.2. The minimum atomic E-state index is -4.45. The Morgan fingerprint density at radius 2 is 0.956 bits per heavy atom. The van der Waals surface area contributed by atoms with Gasteiger partial charge >= 0.3 is 13.8 Å². The summed E-state index contributed by atoms with van der Waals surface area (Å²) in [6.07, 6.45) is 59.2. The van der Waals surface area contributed by atoms with Gasteiger partial charge in [-0.2, -0.15) is 0 Å². The Balaban J connectivity index is 5.39. The van der Waals surface area contributed by atoms with E-state index in [-0.39, 0.29) is 31.5 Å². The van der Waals surface area contributed by atoms with E-state index in [1.165, 1.54) is 122 Å². The second-order valence-corrected chi connectivity index (χ2v) is 21.6. The fraction of sp³-hybridized carbons (Fsp3) is 0.793. The van der Waals surface area contributed by atoms with Crippen LogP contribution >= 0.6 is 7.82 Å². The molecule has 3 atom stereocenters. The van der Waals surface area contributed by atoms with Gasteiger partial charge in [0.15, 0.2) is 0 Å². The molecule has 0 saturated carbocycles. The Bertz CT molecular complexity index is 1350. The van der Waals surface area contributed by atoms with Gasteiger partial charge in [-0.15, -0.1) is 0 Å². The number of hydrogen-bond donors (Lipinski definition) is 2. The average molecular weight is 976 g/mol. The second kappa shape index (κ2) is 48.3. The Morgan fingerprint density at radius 1 is 0.529 bits per heavy atom. The van der Waals surface area contributed by atoms with Crippen molar-refractivity contribution in [1.82, 2.24) is 5.32 Å². The molecule has 0 bridgehead atoms. The maximum atomic E-state index is 13.5. The molecule has 0 spiro atoms. The Labute approximate surface area is 420 Å². The highest BCUT2D eigenvalue weighted by Crippen LogP contribution is 2.43. The number of nitrogens with one attached hydrogen (secondary N) is 1. The van der Waals surface area contributed by atoms with Crippen LogP contribution in [-0.4, -0.2) is 74.3 Å². The number of quaternary nitrogens is 1. The lowest BCUT2D eigenvalue weighted by molar-refractivity contribution is -0.870. The van der Waals surface area contributed by atoms with Crippen LogP contribution in [0.2, 0.25) is 0 Å². The molecule has 0 aromatic heterocycles. The standard InChI is InChI=1S/C58H107N2O7P/c1-7-10-13-16-19-22-25-28-30-32-35-38-41-44-47-50-57(61)59-55(54-66-68(63,64)65-53-52-60(4,5)6)56(49-46-43-40-37-34-27-24-21-18-15-12-9-3)67-58(62)51-48-45-42-39-36-33-31-29-26-23-20-17-14-11-8-2/h11,14,17,20,22-23,25-26,46,49,55-56H,7-10,12-13,15-16,18-19,21,24,27-45,47-48,50-54H2,1-6H3,(H-,59,61,63,64)/p+1/b14-11+,20-17+,25-22-,26-23+,49-46+. The fourth-order valence-electron chi connectivity index (χ4n) is 7.88. The van der Waals surface area contributed by atoms with Gasteiger partial charge in [0.05, 0.1) is 33.8 Å². The lowest BCUT2D eigenvalue weighted by Crippen LogP contribution is -2.47. The molecule has 2 N–H and O–H groups in total. The summed E-state index contributed by atoms with van der Waals surface area (Å²) in [5.74, 6) is -0.524. The number of amides is 1. The van der Waals surface area contributed by atoms with E-state index in [0.717, 1.165) is 89.9 Å². The number of phosphoric acid groups is 1. The van der Waals surface area contributed by atoms with Crippen molar-refractivity contribution in [2.75, 3.05) is 40.9 Å². The Kier molecular flexibility index (Phi) is 46.7. The number of rotatable bonds is 50. The molecule has 0 aliphatic rings. The third-order valence-corrected chi connectivity index (χ3v) is 13.2. The third-order valence-electron chi connectivity index (χ3n) is 12.3. The van der Waals surface area contributed by atoms with Gasteiger partial charge in [0.25, 0.3) is 0 Å². The first-order valence-electron chi connectivity index (χ1n) is 28.1. The molecule has 0 aromatic carbocycles. The molecular weight excluding hydrogens is 868 g/mol. The summed E-state index contributed by atoms with van der Waals surface area (Å²) in [6.45, 7) is 6.85. The van der Waals surface area contributed by atoms with E-state index in [0.29, 0.717) is 17.4 Å². The molecule has 0 saturated heterocycles. The van der Waals surface area contributed by atoms with E-state index >= 15 is 0 Å². The van der Waals surface area contributed by atoms with Crippen LogP contribution in [0.4, 0.5) is 0 Å². The zero-order valence-electron chi connectivity index (χ0n) is 45.1. The number of carbonyl (C=O) groups is 2. The van der Waals surface area contributed by atoms with Crippen LogP contribution in [0.15, 0.2) is 60.8 Å². The summed E-state index contributed by atoms with van der Waals surface area (Å²) in [4.78, 5) is 37.5. The molecule has 3 unspecified atom stereocenters. The molecule has 1 amide bonds. The SMILES string of the molecule is CC/C=C/C=C/C=C/CCCCCCCCCC(=O)OC(/C=C/CCCCCCCCCCCC)C(COP(=O)(O)OCC[N+](C)(C)C)NC(=O)CCCCCCCCC/C=C\CCCCCC. The first kappa shape index (κ1) is 65.7. The smallest absolute Gasteiger partial charge is 0.456 e. The summed E-state index contributed by atoms with van der Waals surface area (Å²) < 4.78 is 30.6. The monoisotopic (exact) mass is 976 g/mol. The summed E-state index contributed by atoms with van der Waals surface area (Å²) >= 11 is 0. The lowest BCUT2D eigenvalue weighted by atomic mass is 10.0. The first-order chi connectivity index (χ1) is 32.9. The van der Waals surface area contributed by atoms with Crippen molar-refractivity contribution in [2.45, 2.75) is 258 Å². The van der Waals surface area contributed by atoms with Crippen molar-refractivity contribution in [3.8, 4) is 0 Å². The highest BCUT2D eigenvalue weighted by Gasteiger charge is 2.30. The van der Waals surface area contributed by atoms with E-state index < -0.39 is 20.0 Å². The lowest BCUT2D eigenvalue weighted by Gasteiger charge is -2.27. The number of esters is 1. The van der Waals surface area contributed by atoms with Gasteiger partial charge in [0, 0.05) is 12.8 Å². The van der Waals surface area contributed by atoms with Gasteiger partial charge < -0.3 is 19.4 Å². The maximum absolute atomic E-state index is 13.5. The van der Waals surface area contributed by atoms with E-state index in [1.54, 1.807) is 0 Å². The molecule has 0 fully saturated rings. The van der Waals surface area contributed by atoms with Crippen LogP contribution in [-0.2, 0) is 27.9 Å². The minimum Gasteiger partial charge on any atom is -0.456 e. The first-order valence-corrected chi connectivity index (χ1v) is 29.6. The highest BCUT2D eigenvalue weighted by molar-refractivity contribution is 7.47. The van der Waals surface area contributed by atoms with Crippen LogP contribution in [0.3, 0.4) is 0 Å². The Hall–Kier alpha value is -2.29. The van der Waals surface area contributed by atoms with Crippen LogP contribution in [0.5, 0.6) is 0 Å². The largest absolute Gasteiger partial charge is 0.472 e. The van der Waals surface area contributed by atoms with Gasteiger partial charge in [-0.25, -0.2) is 4.57 Å². The zero-order valence-corrected chi connectivity index (χ0v) is 46.0. The normalized spacial score (nSPS) is 14.3. The van der Waals surface area contributed by atoms with E-state index in [1.807, 2.05) is 33.3 Å². The van der Waals surface area contributed by atoms with E-state index in [9.17, 15) is 19.0 Å². The molecule has 0 heterocycles. The zero-order chi connectivity index (χ0) is 50.1. The van der Waals surface area contributed by atoms with E-state index in [4.69, 9.17) is 13.8 Å². The molecule has 0 radical (unpaired) electrons. The van der Waals surface area contributed by atoms with Crippen molar-refractivity contribution in [3.63, 3.8) is 0 Å². The van der Waals surface area contributed by atoms with Gasteiger partial charge in [0.2, 0.25) is 5.91 Å². The van der Waals surface area contributed by atoms with Gasteiger partial charge in [0.1, 0.15) is 19.3 Å². The fourth-order valence-corrected chi connectivity index (χ4v) is 8.61. The predicted molar refractivity (Wildman–Crippen MR) is 291 cm³/mol. The molecule has 10 heteroatoms. The maximum Gasteiger partial charge on any atom is 0.472 e. The molecule has 0 rings (SSSR count). The number of allylic oxidation sites excluding steroid dienone is 9. The Morgan fingerprint density at radius 3 is 1.46 bits per heavy atom. The average Bonchev–Trinajstić information content (AvgIpc) is 3.29. The predicted octanol–water partition coefficient (Wildman–Crippen LogP) is 16.7. The quantitative estimate of drug-likeness (QED) is 0.0156. The third kappa shape index (κ3) is 48.7. The number of likely N-dealkylation sites (N-methyl/N-ethyl adjacent to an activating group) is 1. The number of phosphoric ester groups is 1. The van der Waals surface area contributed by atoms with Crippen molar-refractivity contribution in [2.24, 2.45) is 0 Å². The van der Waals surface area contributed by atoms with Gasteiger partial charge in [-0.05, 0) is 76.7 Å². The molecule has 0 aliphatic heterocycles. The molecule has 9 nitrogen and oxygen atoms in total. The molecule has 68 heavy (non-hydrogen) atoms. The summed E-state index contributed by atoms with van der Waals surface area (Å²) in [7, 11) is 1.48. The van der Waals surface area contributed by atoms with Crippen molar-refractivity contribution >= 4 is 19.7 Å². The second-order valence-electron chi connectivity index (χ2n) is 20.1. The molecular formula is C58H108N2O7P+. The van der Waals surface area contributed by atoms with Crippen LogP contribution in [0.25, 0.3) is 0 Å². The molecule has 396 valence electrons. The molecule has 0 aromatic rings. The number of unbranched alkanes of at least 4 members (excludes halogenated alkanes) is 28. The number of hydrogen-bond acceptors (Lipinski definition) is 6. The summed E-state index contributed by atoms with van der Waals surface area (Å²) in [5, 5.41) is 3.04. The minimum absolute atomic E-state index is 0.0360. The van der Waals surface area contributed by atoms with Gasteiger partial charge in [-0.1, -0.05) is 217 Å². The van der Waals surface area contributed by atoms with Crippen molar-refractivity contribution in [3.05, 3.63) is 60.8 Å². The number of nitrogens with zero attached hydrogens (tertiary/aromatic N) is 1. The number of carbonyl (C=O) groups excluding carboxylic acids is 2. The van der Waals surface area contributed by atoms with Crippen LogP contribution in [0, 0.1) is 0 Å². The van der Waals surface area contributed by atoms with E-state index in [2.05, 4.69) is 74.7 Å². The van der Waals surface area contributed by atoms with Gasteiger partial charge in [-0.3, -0.25) is 18.6 Å². The topological polar surface area (TPSA) is 111 Å². The van der Waals surface area contributed by atoms with Crippen LogP contribution in [0.1, 0.15) is 245 Å². The van der Waals surface area contributed by atoms with Crippen LogP contribution < -0.4 is 5.32 Å². The summed E-state index contributed by atoms with van der Waals surface area (Å²) in [6, 6.07) is -0.855. The number of ether oxygens (including phenoxy) is 1.